The van der Waals surface area contributed by atoms with Crippen molar-refractivity contribution < 1.29 is 12.8 Å². The van der Waals surface area contributed by atoms with E-state index in [1.54, 1.807) is 20.8 Å². The van der Waals surface area contributed by atoms with Crippen LogP contribution < -0.4 is 5.32 Å². The fourth-order valence-electron chi connectivity index (χ4n) is 1.77. The van der Waals surface area contributed by atoms with Crippen LogP contribution in [0.25, 0.3) is 0 Å². The Morgan fingerprint density at radius 1 is 1.38 bits per heavy atom. The maximum Gasteiger partial charge on any atom is 0.155 e. The average Bonchev–Trinajstić information content (AvgIpc) is 2.15. The summed E-state index contributed by atoms with van der Waals surface area (Å²) in [5.74, 6) is -0.0608. The highest BCUT2D eigenvalue weighted by Crippen LogP contribution is 2.27. The summed E-state index contributed by atoms with van der Waals surface area (Å²) in [4.78, 5) is 0. The van der Waals surface area contributed by atoms with Crippen LogP contribution in [0.15, 0.2) is 0 Å². The third kappa shape index (κ3) is 3.42. The Morgan fingerprint density at radius 2 is 2.00 bits per heavy atom. The molecule has 16 heavy (non-hydrogen) atoms. The van der Waals surface area contributed by atoms with Crippen LogP contribution in [0.1, 0.15) is 40.0 Å². The zero-order valence-corrected chi connectivity index (χ0v) is 11.2. The van der Waals surface area contributed by atoms with Gasteiger partial charge in [0, 0.05) is 6.54 Å². The molecule has 1 rings (SSSR count). The third-order valence-corrected chi connectivity index (χ3v) is 5.78. The molecule has 1 aliphatic heterocycles. The van der Waals surface area contributed by atoms with Gasteiger partial charge in [0.15, 0.2) is 9.84 Å². The van der Waals surface area contributed by atoms with E-state index >= 15 is 0 Å². The van der Waals surface area contributed by atoms with Crippen LogP contribution >= 0.6 is 0 Å². The molecule has 0 aromatic heterocycles. The summed E-state index contributed by atoms with van der Waals surface area (Å²) < 4.78 is 37.1. The molecule has 96 valence electrons. The summed E-state index contributed by atoms with van der Waals surface area (Å²) in [6.07, 6.45) is 1.37. The van der Waals surface area contributed by atoms with Crippen LogP contribution in [-0.4, -0.2) is 37.7 Å². The molecule has 1 atom stereocenters. The normalized spacial score (nSPS) is 28.0. The van der Waals surface area contributed by atoms with Crippen LogP contribution in [-0.2, 0) is 9.84 Å². The molecular formula is C11H22FNO2S. The first-order valence-electron chi connectivity index (χ1n) is 5.78. The second kappa shape index (κ2) is 4.61. The predicted molar refractivity (Wildman–Crippen MR) is 64.1 cm³/mol. The van der Waals surface area contributed by atoms with Crippen molar-refractivity contribution in [2.24, 2.45) is 0 Å². The number of hydrogen-bond acceptors (Lipinski definition) is 3. The molecule has 0 spiro atoms. The topological polar surface area (TPSA) is 46.2 Å². The summed E-state index contributed by atoms with van der Waals surface area (Å²) in [7, 11) is -3.20. The van der Waals surface area contributed by atoms with E-state index in [-0.39, 0.29) is 18.7 Å². The Hall–Kier alpha value is -0.160. The Bertz CT molecular complexity index is 326. The second-order valence-electron chi connectivity index (χ2n) is 5.61. The minimum atomic E-state index is -3.20. The first kappa shape index (κ1) is 13.9. The van der Waals surface area contributed by atoms with Crippen LogP contribution in [0.3, 0.4) is 0 Å². The molecule has 3 nitrogen and oxygen atoms in total. The molecule has 5 heteroatoms. The van der Waals surface area contributed by atoms with Crippen LogP contribution in [0.4, 0.5) is 4.39 Å². The molecule has 1 fully saturated rings. The monoisotopic (exact) mass is 251 g/mol. The third-order valence-electron chi connectivity index (χ3n) is 3.17. The van der Waals surface area contributed by atoms with E-state index in [0.29, 0.717) is 6.42 Å². The van der Waals surface area contributed by atoms with Crippen molar-refractivity contribution in [2.75, 3.05) is 18.8 Å². The van der Waals surface area contributed by atoms with Crippen molar-refractivity contribution in [2.45, 2.75) is 50.4 Å². The molecule has 1 aliphatic rings. The van der Waals surface area contributed by atoms with Crippen LogP contribution in [0, 0.1) is 0 Å². The van der Waals surface area contributed by atoms with Gasteiger partial charge in [0.1, 0.15) is 5.67 Å². The summed E-state index contributed by atoms with van der Waals surface area (Å²) in [6.45, 7) is 6.09. The van der Waals surface area contributed by atoms with Crippen molar-refractivity contribution in [1.29, 1.82) is 0 Å². The van der Waals surface area contributed by atoms with Crippen LogP contribution in [0.5, 0.6) is 0 Å². The van der Waals surface area contributed by atoms with Gasteiger partial charge in [-0.3, -0.25) is 0 Å². The standard InChI is InChI=1S/C11H22FNO2S/c1-10(2,3)16(14,15)8-6-11(12)5-4-7-13-9-11/h13H,4-9H2,1-3H3. The lowest BCUT2D eigenvalue weighted by Crippen LogP contribution is -2.44. The summed E-state index contributed by atoms with van der Waals surface area (Å²) in [5, 5.41) is 2.98. The summed E-state index contributed by atoms with van der Waals surface area (Å²) in [5.41, 5.74) is -1.34. The van der Waals surface area contributed by atoms with E-state index in [0.717, 1.165) is 13.0 Å². The maximum atomic E-state index is 14.2. The Kier molecular flexibility index (Phi) is 4.00. The quantitative estimate of drug-likeness (QED) is 0.830. The van der Waals surface area contributed by atoms with Gasteiger partial charge in [-0.15, -0.1) is 0 Å². The largest absolute Gasteiger partial charge is 0.314 e. The molecule has 0 bridgehead atoms. The number of hydrogen-bond donors (Lipinski definition) is 1. The van der Waals surface area contributed by atoms with E-state index in [1.165, 1.54) is 0 Å². The van der Waals surface area contributed by atoms with Gasteiger partial charge in [-0.2, -0.15) is 0 Å². The van der Waals surface area contributed by atoms with E-state index < -0.39 is 20.3 Å². The van der Waals surface area contributed by atoms with Gasteiger partial charge < -0.3 is 5.32 Å². The fraction of sp³-hybridized carbons (Fsp3) is 1.00. The molecule has 0 aromatic carbocycles. The molecular weight excluding hydrogens is 229 g/mol. The van der Waals surface area contributed by atoms with E-state index in [1.807, 2.05) is 0 Å². The number of rotatable bonds is 3. The van der Waals surface area contributed by atoms with E-state index in [4.69, 9.17) is 0 Å². The van der Waals surface area contributed by atoms with Gasteiger partial charge in [0.2, 0.25) is 0 Å². The summed E-state index contributed by atoms with van der Waals surface area (Å²) in [6, 6.07) is 0. The average molecular weight is 251 g/mol. The van der Waals surface area contributed by atoms with Crippen LogP contribution in [0.2, 0.25) is 0 Å². The van der Waals surface area contributed by atoms with E-state index in [9.17, 15) is 12.8 Å². The van der Waals surface area contributed by atoms with Crippen molar-refractivity contribution in [3.63, 3.8) is 0 Å². The number of piperidine rings is 1. The Morgan fingerprint density at radius 3 is 2.44 bits per heavy atom. The first-order valence-corrected chi connectivity index (χ1v) is 7.44. The van der Waals surface area contributed by atoms with Gasteiger partial charge in [-0.1, -0.05) is 0 Å². The highest BCUT2D eigenvalue weighted by Gasteiger charge is 2.36. The predicted octanol–water partition coefficient (Wildman–Crippen LogP) is 1.68. The molecule has 0 amide bonds. The molecule has 0 aliphatic carbocycles. The molecule has 1 saturated heterocycles. The van der Waals surface area contributed by atoms with Crippen molar-refractivity contribution >= 4 is 9.84 Å². The molecule has 0 saturated carbocycles. The van der Waals surface area contributed by atoms with Gasteiger partial charge in [0.05, 0.1) is 10.5 Å². The smallest absolute Gasteiger partial charge is 0.155 e. The number of halogens is 1. The molecule has 0 aromatic rings. The number of nitrogens with one attached hydrogen (secondary N) is 1. The van der Waals surface area contributed by atoms with Gasteiger partial charge in [-0.05, 0) is 46.6 Å². The molecule has 1 unspecified atom stereocenters. The van der Waals surface area contributed by atoms with Gasteiger partial charge in [-0.25, -0.2) is 12.8 Å². The highest BCUT2D eigenvalue weighted by atomic mass is 32.2. The van der Waals surface area contributed by atoms with Crippen molar-refractivity contribution in [3.8, 4) is 0 Å². The van der Waals surface area contributed by atoms with Gasteiger partial charge >= 0.3 is 0 Å². The maximum absolute atomic E-state index is 14.2. The number of alkyl halides is 1. The second-order valence-corrected chi connectivity index (χ2v) is 8.47. The highest BCUT2D eigenvalue weighted by molar-refractivity contribution is 7.92. The Labute approximate surface area is 97.7 Å². The first-order chi connectivity index (χ1) is 7.16. The fourth-order valence-corrected chi connectivity index (χ4v) is 3.01. The lowest BCUT2D eigenvalue weighted by atomic mass is 9.94. The number of sulfone groups is 1. The lowest BCUT2D eigenvalue weighted by molar-refractivity contribution is 0.118. The lowest BCUT2D eigenvalue weighted by Gasteiger charge is -2.31. The Balaban J connectivity index is 2.57. The zero-order valence-electron chi connectivity index (χ0n) is 10.3. The minimum Gasteiger partial charge on any atom is -0.314 e. The van der Waals surface area contributed by atoms with Crippen molar-refractivity contribution in [3.05, 3.63) is 0 Å². The SMILES string of the molecule is CC(C)(C)S(=O)(=O)CCC1(F)CCCNC1. The summed E-state index contributed by atoms with van der Waals surface area (Å²) >= 11 is 0. The minimum absolute atomic E-state index is 0.0608. The zero-order chi connectivity index (χ0) is 12.4. The van der Waals surface area contributed by atoms with Gasteiger partial charge in [0.25, 0.3) is 0 Å². The van der Waals surface area contributed by atoms with Crippen molar-refractivity contribution in [1.82, 2.24) is 5.32 Å². The van der Waals surface area contributed by atoms with E-state index in [2.05, 4.69) is 5.32 Å². The molecule has 1 heterocycles. The molecule has 0 radical (unpaired) electrons. The molecule has 1 N–H and O–H groups in total.